The van der Waals surface area contributed by atoms with Crippen molar-refractivity contribution in [1.82, 2.24) is 9.88 Å². The molecule has 0 bridgehead atoms. The first-order chi connectivity index (χ1) is 8.02. The summed E-state index contributed by atoms with van der Waals surface area (Å²) in [5.41, 5.74) is 5.79. The summed E-state index contributed by atoms with van der Waals surface area (Å²) in [5.74, 6) is 0.664. The smallest absolute Gasteiger partial charge is 0.251 e. The van der Waals surface area contributed by atoms with Crippen LogP contribution in [0.4, 0.5) is 5.69 Å². The molecule has 1 amide bonds. The lowest BCUT2D eigenvalue weighted by atomic mass is 10.3. The fraction of sp³-hybridized carbons (Fsp3) is 0.455. The molecule has 0 spiro atoms. The average molecular weight is 255 g/mol. The zero-order valence-corrected chi connectivity index (χ0v) is 10.8. The van der Waals surface area contributed by atoms with E-state index >= 15 is 0 Å². The molecular formula is C11H17N3O2S. The maximum atomic E-state index is 11.6. The van der Waals surface area contributed by atoms with Crippen LogP contribution in [0.1, 0.15) is 6.92 Å². The minimum Gasteiger partial charge on any atom is -0.398 e. The van der Waals surface area contributed by atoms with Crippen LogP contribution in [0.3, 0.4) is 0 Å². The van der Waals surface area contributed by atoms with Crippen molar-refractivity contribution in [1.29, 1.82) is 0 Å². The highest BCUT2D eigenvalue weighted by Gasteiger charge is 2.08. The monoisotopic (exact) mass is 255 g/mol. The molecule has 94 valence electrons. The number of amides is 1. The maximum absolute atomic E-state index is 11.6. The van der Waals surface area contributed by atoms with Crippen molar-refractivity contribution >= 4 is 23.4 Å². The topological polar surface area (TPSA) is 77.1 Å². The summed E-state index contributed by atoms with van der Waals surface area (Å²) in [6.45, 7) is 1.93. The number of anilines is 1. The van der Waals surface area contributed by atoms with Gasteiger partial charge >= 0.3 is 0 Å². The number of thioether (sulfide) groups is 1. The number of rotatable bonds is 5. The van der Waals surface area contributed by atoms with Crippen LogP contribution in [0, 0.1) is 0 Å². The van der Waals surface area contributed by atoms with Crippen molar-refractivity contribution < 1.29 is 4.79 Å². The quantitative estimate of drug-likeness (QED) is 0.793. The third-order valence-electron chi connectivity index (χ3n) is 2.14. The van der Waals surface area contributed by atoms with E-state index in [0.29, 0.717) is 5.69 Å². The van der Waals surface area contributed by atoms with E-state index in [9.17, 15) is 9.59 Å². The number of nitrogens with zero attached hydrogens (tertiary/aromatic N) is 1. The van der Waals surface area contributed by atoms with Gasteiger partial charge in [-0.2, -0.15) is 11.8 Å². The number of pyridine rings is 1. The second kappa shape index (κ2) is 6.34. The van der Waals surface area contributed by atoms with Crippen molar-refractivity contribution in [2.24, 2.45) is 0 Å². The van der Waals surface area contributed by atoms with Crippen LogP contribution in [0.5, 0.6) is 0 Å². The van der Waals surface area contributed by atoms with Gasteiger partial charge in [0.2, 0.25) is 5.91 Å². The van der Waals surface area contributed by atoms with Crippen LogP contribution in [0.2, 0.25) is 0 Å². The van der Waals surface area contributed by atoms with E-state index in [4.69, 9.17) is 5.73 Å². The Morgan fingerprint density at radius 1 is 1.59 bits per heavy atom. The molecule has 0 aromatic carbocycles. The number of hydrogen-bond acceptors (Lipinski definition) is 4. The number of carbonyl (C=O) groups excluding carboxylic acids is 1. The van der Waals surface area contributed by atoms with E-state index in [2.05, 4.69) is 5.32 Å². The van der Waals surface area contributed by atoms with Gasteiger partial charge in [-0.25, -0.2) is 0 Å². The number of nitrogens with one attached hydrogen (secondary N) is 1. The molecule has 0 radical (unpaired) electrons. The average Bonchev–Trinajstić information content (AvgIpc) is 2.23. The fourth-order valence-corrected chi connectivity index (χ4v) is 2.02. The van der Waals surface area contributed by atoms with E-state index in [0.717, 1.165) is 5.75 Å². The first-order valence-corrected chi connectivity index (χ1v) is 6.66. The van der Waals surface area contributed by atoms with Crippen LogP contribution in [0.25, 0.3) is 0 Å². The first-order valence-electron chi connectivity index (χ1n) is 5.27. The number of nitrogen functional groups attached to an aromatic ring is 1. The minimum absolute atomic E-state index is 0.00257. The lowest BCUT2D eigenvalue weighted by Crippen LogP contribution is -2.38. The summed E-state index contributed by atoms with van der Waals surface area (Å²) in [5, 5.41) is 2.82. The van der Waals surface area contributed by atoms with E-state index in [-0.39, 0.29) is 24.1 Å². The predicted octanol–water partition coefficient (Wildman–Crippen LogP) is 0.298. The molecule has 0 aliphatic carbocycles. The molecule has 6 heteroatoms. The van der Waals surface area contributed by atoms with E-state index in [1.54, 1.807) is 11.8 Å². The summed E-state index contributed by atoms with van der Waals surface area (Å²) < 4.78 is 1.30. The third kappa shape index (κ3) is 4.52. The number of nitrogens with two attached hydrogens (primary N) is 1. The van der Waals surface area contributed by atoms with Crippen molar-refractivity contribution in [3.05, 3.63) is 28.7 Å². The van der Waals surface area contributed by atoms with Gasteiger partial charge in [0.15, 0.2) is 0 Å². The van der Waals surface area contributed by atoms with Crippen molar-refractivity contribution in [2.45, 2.75) is 19.5 Å². The van der Waals surface area contributed by atoms with Gasteiger partial charge in [-0.3, -0.25) is 9.59 Å². The highest BCUT2D eigenvalue weighted by Crippen LogP contribution is 1.98. The largest absolute Gasteiger partial charge is 0.398 e. The molecule has 17 heavy (non-hydrogen) atoms. The molecular weight excluding hydrogens is 238 g/mol. The Morgan fingerprint density at radius 2 is 2.29 bits per heavy atom. The standard InChI is InChI=1S/C11H17N3O2S/c1-8(7-17-2)13-10(15)6-14-5-9(12)3-4-11(14)16/h3-5,8H,6-7,12H2,1-2H3,(H,13,15). The Morgan fingerprint density at radius 3 is 2.94 bits per heavy atom. The third-order valence-corrected chi connectivity index (χ3v) is 2.98. The highest BCUT2D eigenvalue weighted by molar-refractivity contribution is 7.98. The molecule has 1 unspecified atom stereocenters. The second-order valence-electron chi connectivity index (χ2n) is 3.85. The number of hydrogen-bond donors (Lipinski definition) is 2. The van der Waals surface area contributed by atoms with Crippen molar-refractivity contribution in [3.8, 4) is 0 Å². The molecule has 3 N–H and O–H groups in total. The van der Waals surface area contributed by atoms with Crippen LogP contribution < -0.4 is 16.6 Å². The molecule has 1 atom stereocenters. The molecule has 1 aromatic rings. The van der Waals surface area contributed by atoms with Gasteiger partial charge in [0.25, 0.3) is 5.56 Å². The van der Waals surface area contributed by atoms with Crippen LogP contribution in [-0.4, -0.2) is 28.5 Å². The molecule has 0 aliphatic rings. The summed E-state index contributed by atoms with van der Waals surface area (Å²) in [6.07, 6.45) is 3.45. The molecule has 0 saturated carbocycles. The normalized spacial score (nSPS) is 12.1. The summed E-state index contributed by atoms with van der Waals surface area (Å²) in [6, 6.07) is 2.97. The van der Waals surface area contributed by atoms with Gasteiger partial charge in [-0.05, 0) is 19.2 Å². The minimum atomic E-state index is -0.230. The molecule has 0 saturated heterocycles. The van der Waals surface area contributed by atoms with Gasteiger partial charge in [0.05, 0.1) is 0 Å². The molecule has 1 heterocycles. The van der Waals surface area contributed by atoms with Gasteiger partial charge in [0.1, 0.15) is 6.54 Å². The van der Waals surface area contributed by atoms with Crippen LogP contribution in [-0.2, 0) is 11.3 Å². The zero-order chi connectivity index (χ0) is 12.8. The lowest BCUT2D eigenvalue weighted by Gasteiger charge is -2.13. The first kappa shape index (κ1) is 13.6. The number of carbonyl (C=O) groups is 1. The second-order valence-corrected chi connectivity index (χ2v) is 4.76. The maximum Gasteiger partial charge on any atom is 0.251 e. The van der Waals surface area contributed by atoms with Gasteiger partial charge in [-0.15, -0.1) is 0 Å². The Kier molecular flexibility index (Phi) is 5.09. The van der Waals surface area contributed by atoms with Crippen LogP contribution >= 0.6 is 11.8 Å². The van der Waals surface area contributed by atoms with E-state index in [1.807, 2.05) is 13.2 Å². The molecule has 0 fully saturated rings. The van der Waals surface area contributed by atoms with Gasteiger partial charge in [-0.1, -0.05) is 0 Å². The van der Waals surface area contributed by atoms with Crippen molar-refractivity contribution in [2.75, 3.05) is 17.7 Å². The molecule has 0 aliphatic heterocycles. The SMILES string of the molecule is CSCC(C)NC(=O)Cn1cc(N)ccc1=O. The molecule has 5 nitrogen and oxygen atoms in total. The highest BCUT2D eigenvalue weighted by atomic mass is 32.2. The van der Waals surface area contributed by atoms with Gasteiger partial charge < -0.3 is 15.6 Å². The van der Waals surface area contributed by atoms with E-state index in [1.165, 1.54) is 22.9 Å². The number of aromatic nitrogens is 1. The molecule has 1 aromatic heterocycles. The Bertz CT molecular complexity index is 445. The summed E-state index contributed by atoms with van der Waals surface area (Å²) >= 11 is 1.66. The van der Waals surface area contributed by atoms with Gasteiger partial charge in [0, 0.05) is 29.7 Å². The Labute approximate surface area is 104 Å². The van der Waals surface area contributed by atoms with E-state index < -0.39 is 0 Å². The Hall–Kier alpha value is -1.43. The Balaban J connectivity index is 2.62. The van der Waals surface area contributed by atoms with Crippen LogP contribution in [0.15, 0.2) is 23.1 Å². The summed E-state index contributed by atoms with van der Waals surface area (Å²) in [4.78, 5) is 23.1. The lowest BCUT2D eigenvalue weighted by molar-refractivity contribution is -0.122. The van der Waals surface area contributed by atoms with Crippen molar-refractivity contribution in [3.63, 3.8) is 0 Å². The zero-order valence-electron chi connectivity index (χ0n) is 9.97. The molecule has 1 rings (SSSR count). The summed E-state index contributed by atoms with van der Waals surface area (Å²) in [7, 11) is 0. The fourth-order valence-electron chi connectivity index (χ4n) is 1.44. The predicted molar refractivity (Wildman–Crippen MR) is 71.1 cm³/mol.